The molecule has 82 valence electrons. The number of thioether (sulfide) groups is 1. The maximum absolute atomic E-state index is 6.11. The zero-order chi connectivity index (χ0) is 10.5. The molecule has 3 heteroatoms. The van der Waals surface area contributed by atoms with Crippen LogP contribution in [0.5, 0.6) is 0 Å². The smallest absolute Gasteiger partial charge is 0.0541 e. The molecule has 0 aromatic heterocycles. The van der Waals surface area contributed by atoms with Crippen LogP contribution in [-0.2, 0) is 0 Å². The van der Waals surface area contributed by atoms with Crippen molar-refractivity contribution < 1.29 is 0 Å². The molecule has 2 rings (SSSR count). The summed E-state index contributed by atoms with van der Waals surface area (Å²) in [6.45, 7) is 2.35. The summed E-state index contributed by atoms with van der Waals surface area (Å²) in [5.74, 6) is 1.98. The van der Waals surface area contributed by atoms with Crippen LogP contribution in [0, 0.1) is 5.92 Å². The first kappa shape index (κ1) is 11.3. The number of rotatable bonds is 3. The van der Waals surface area contributed by atoms with Crippen molar-refractivity contribution in [1.29, 1.82) is 0 Å². The largest absolute Gasteiger partial charge is 0.316 e. The summed E-state index contributed by atoms with van der Waals surface area (Å²) in [6, 6.07) is 8.09. The molecule has 0 bridgehead atoms. The van der Waals surface area contributed by atoms with Crippen molar-refractivity contribution in [3.05, 3.63) is 29.3 Å². The quantitative estimate of drug-likeness (QED) is 0.814. The molecule has 1 aliphatic heterocycles. The van der Waals surface area contributed by atoms with Crippen molar-refractivity contribution in [2.24, 2.45) is 5.92 Å². The Morgan fingerprint density at radius 3 is 3.00 bits per heavy atom. The van der Waals surface area contributed by atoms with Gasteiger partial charge in [0.15, 0.2) is 0 Å². The maximum atomic E-state index is 6.11. The molecule has 1 unspecified atom stereocenters. The highest BCUT2D eigenvalue weighted by atomic mass is 35.5. The topological polar surface area (TPSA) is 12.0 Å². The van der Waals surface area contributed by atoms with Gasteiger partial charge in [-0.2, -0.15) is 0 Å². The lowest BCUT2D eigenvalue weighted by molar-refractivity contribution is 0.410. The third kappa shape index (κ3) is 3.40. The zero-order valence-electron chi connectivity index (χ0n) is 8.71. The molecular formula is C12H16ClNS. The third-order valence-corrected chi connectivity index (χ3v) is 4.46. The van der Waals surface area contributed by atoms with Gasteiger partial charge in [-0.1, -0.05) is 23.7 Å². The van der Waals surface area contributed by atoms with Crippen LogP contribution in [0.1, 0.15) is 12.8 Å². The molecule has 0 spiro atoms. The minimum atomic E-state index is 0.806. The maximum Gasteiger partial charge on any atom is 0.0541 e. The van der Waals surface area contributed by atoms with Gasteiger partial charge in [-0.05, 0) is 44.0 Å². The van der Waals surface area contributed by atoms with Gasteiger partial charge in [0.2, 0.25) is 0 Å². The van der Waals surface area contributed by atoms with Gasteiger partial charge >= 0.3 is 0 Å². The Kier molecular flexibility index (Phi) is 4.36. The average Bonchev–Trinajstić information content (AvgIpc) is 2.29. The second kappa shape index (κ2) is 5.78. The molecule has 1 N–H and O–H groups in total. The van der Waals surface area contributed by atoms with Gasteiger partial charge in [0.05, 0.1) is 5.02 Å². The Morgan fingerprint density at radius 1 is 1.40 bits per heavy atom. The zero-order valence-corrected chi connectivity index (χ0v) is 10.3. The van der Waals surface area contributed by atoms with Crippen LogP contribution < -0.4 is 5.32 Å². The summed E-state index contributed by atoms with van der Waals surface area (Å²) >= 11 is 7.99. The van der Waals surface area contributed by atoms with Crippen LogP contribution in [0.3, 0.4) is 0 Å². The summed E-state index contributed by atoms with van der Waals surface area (Å²) < 4.78 is 0. The monoisotopic (exact) mass is 241 g/mol. The number of halogens is 1. The van der Waals surface area contributed by atoms with Crippen LogP contribution in [0.2, 0.25) is 5.02 Å². The summed E-state index contributed by atoms with van der Waals surface area (Å²) in [5, 5.41) is 4.32. The molecule has 0 aliphatic carbocycles. The standard InChI is InChI=1S/C12H16ClNS/c13-11-5-1-2-6-12(11)15-9-10-4-3-7-14-8-10/h1-2,5-6,10,14H,3-4,7-9H2. The number of benzene rings is 1. The van der Waals surface area contributed by atoms with E-state index >= 15 is 0 Å². The van der Waals surface area contributed by atoms with Gasteiger partial charge in [0.1, 0.15) is 0 Å². The number of hydrogen-bond donors (Lipinski definition) is 1. The minimum absolute atomic E-state index is 0.806. The lowest BCUT2D eigenvalue weighted by atomic mass is 10.0. The SMILES string of the molecule is Clc1ccccc1SCC1CCCNC1. The predicted molar refractivity (Wildman–Crippen MR) is 67.8 cm³/mol. The number of piperidine rings is 1. The molecule has 1 aromatic rings. The molecule has 1 nitrogen and oxygen atoms in total. The highest BCUT2D eigenvalue weighted by molar-refractivity contribution is 7.99. The minimum Gasteiger partial charge on any atom is -0.316 e. The first-order valence-electron chi connectivity index (χ1n) is 5.44. The molecule has 0 amide bonds. The summed E-state index contributed by atoms with van der Waals surface area (Å²) in [7, 11) is 0. The molecule has 1 aromatic carbocycles. The summed E-state index contributed by atoms with van der Waals surface area (Å²) in [6.07, 6.45) is 2.66. The molecule has 15 heavy (non-hydrogen) atoms. The Morgan fingerprint density at radius 2 is 2.27 bits per heavy atom. The van der Waals surface area contributed by atoms with Crippen molar-refractivity contribution in [3.8, 4) is 0 Å². The van der Waals surface area contributed by atoms with Crippen molar-refractivity contribution in [2.45, 2.75) is 17.7 Å². The van der Waals surface area contributed by atoms with Crippen molar-refractivity contribution in [3.63, 3.8) is 0 Å². The van der Waals surface area contributed by atoms with E-state index in [0.717, 1.165) is 17.5 Å². The van der Waals surface area contributed by atoms with Crippen molar-refractivity contribution >= 4 is 23.4 Å². The Labute approximate surface area is 101 Å². The van der Waals surface area contributed by atoms with Gasteiger partial charge in [-0.15, -0.1) is 11.8 Å². The highest BCUT2D eigenvalue weighted by Crippen LogP contribution is 2.29. The fraction of sp³-hybridized carbons (Fsp3) is 0.500. The number of hydrogen-bond acceptors (Lipinski definition) is 2. The highest BCUT2D eigenvalue weighted by Gasteiger charge is 2.13. The Bertz CT molecular complexity index is 310. The fourth-order valence-corrected chi connectivity index (χ4v) is 3.22. The molecule has 1 atom stereocenters. The second-order valence-corrected chi connectivity index (χ2v) is 5.42. The second-order valence-electron chi connectivity index (χ2n) is 3.95. The van der Waals surface area contributed by atoms with E-state index in [9.17, 15) is 0 Å². The summed E-state index contributed by atoms with van der Waals surface area (Å²) in [5.41, 5.74) is 0. The molecular weight excluding hydrogens is 226 g/mol. The third-order valence-electron chi connectivity index (χ3n) is 2.71. The molecule has 1 fully saturated rings. The van der Waals surface area contributed by atoms with Gasteiger partial charge < -0.3 is 5.32 Å². The van der Waals surface area contributed by atoms with Crippen LogP contribution in [0.4, 0.5) is 0 Å². The molecule has 0 saturated carbocycles. The van der Waals surface area contributed by atoms with Crippen molar-refractivity contribution in [1.82, 2.24) is 5.32 Å². The molecule has 1 heterocycles. The average molecular weight is 242 g/mol. The van der Waals surface area contributed by atoms with E-state index in [0.29, 0.717) is 0 Å². The van der Waals surface area contributed by atoms with Gasteiger partial charge in [0, 0.05) is 10.6 Å². The van der Waals surface area contributed by atoms with Crippen molar-refractivity contribution in [2.75, 3.05) is 18.8 Å². The van der Waals surface area contributed by atoms with E-state index in [1.54, 1.807) is 0 Å². The lowest BCUT2D eigenvalue weighted by Gasteiger charge is -2.22. The first-order valence-corrected chi connectivity index (χ1v) is 6.80. The molecule has 1 saturated heterocycles. The van der Waals surface area contributed by atoms with Gasteiger partial charge in [-0.3, -0.25) is 0 Å². The van der Waals surface area contributed by atoms with Gasteiger partial charge in [-0.25, -0.2) is 0 Å². The van der Waals surface area contributed by atoms with E-state index in [1.165, 1.54) is 30.0 Å². The predicted octanol–water partition coefficient (Wildman–Crippen LogP) is 3.43. The Balaban J connectivity index is 1.84. The van der Waals surface area contributed by atoms with E-state index in [4.69, 9.17) is 11.6 Å². The van der Waals surface area contributed by atoms with Crippen LogP contribution in [-0.4, -0.2) is 18.8 Å². The number of nitrogens with one attached hydrogen (secondary N) is 1. The van der Waals surface area contributed by atoms with Gasteiger partial charge in [0.25, 0.3) is 0 Å². The van der Waals surface area contributed by atoms with E-state index in [1.807, 2.05) is 30.0 Å². The van der Waals surface area contributed by atoms with E-state index in [2.05, 4.69) is 11.4 Å². The molecule has 1 aliphatic rings. The fourth-order valence-electron chi connectivity index (χ4n) is 1.84. The van der Waals surface area contributed by atoms with E-state index < -0.39 is 0 Å². The Hall–Kier alpha value is -0.180. The van der Waals surface area contributed by atoms with Crippen LogP contribution >= 0.6 is 23.4 Å². The van der Waals surface area contributed by atoms with Crippen LogP contribution in [0.15, 0.2) is 29.2 Å². The lowest BCUT2D eigenvalue weighted by Crippen LogP contribution is -2.30. The molecule has 0 radical (unpaired) electrons. The van der Waals surface area contributed by atoms with Crippen LogP contribution in [0.25, 0.3) is 0 Å². The normalized spacial score (nSPS) is 21.5. The van der Waals surface area contributed by atoms with E-state index in [-0.39, 0.29) is 0 Å². The first-order chi connectivity index (χ1) is 7.36. The summed E-state index contributed by atoms with van der Waals surface area (Å²) in [4.78, 5) is 1.21.